The molecule has 19 heavy (non-hydrogen) atoms. The van der Waals surface area contributed by atoms with Crippen LogP contribution in [0.5, 0.6) is 0 Å². The number of carbonyl (C=O) groups excluding carboxylic acids is 2. The van der Waals surface area contributed by atoms with Gasteiger partial charge in [0.05, 0.1) is 16.9 Å². The second-order valence-corrected chi connectivity index (χ2v) is 6.68. The van der Waals surface area contributed by atoms with Gasteiger partial charge in [0.1, 0.15) is 9.84 Å². The normalized spacial score (nSPS) is 12.9. The third-order valence-corrected chi connectivity index (χ3v) is 3.80. The minimum absolute atomic E-state index is 0.00495. The first-order chi connectivity index (χ1) is 8.63. The van der Waals surface area contributed by atoms with Gasteiger partial charge < -0.3 is 11.5 Å². The first kappa shape index (κ1) is 15.2. The van der Waals surface area contributed by atoms with E-state index in [4.69, 9.17) is 11.5 Å². The van der Waals surface area contributed by atoms with Crippen LogP contribution in [0.25, 0.3) is 0 Å². The smallest absolute Gasteiger partial charge is 0.249 e. The molecule has 0 saturated heterocycles. The maximum Gasteiger partial charge on any atom is 0.249 e. The van der Waals surface area contributed by atoms with Crippen LogP contribution in [0.2, 0.25) is 0 Å². The first-order valence-electron chi connectivity index (χ1n) is 5.53. The average molecular weight is 284 g/mol. The van der Waals surface area contributed by atoms with Gasteiger partial charge in [-0.05, 0) is 17.5 Å². The van der Waals surface area contributed by atoms with Gasteiger partial charge >= 0.3 is 0 Å². The van der Waals surface area contributed by atoms with Gasteiger partial charge in [-0.15, -0.1) is 0 Å². The van der Waals surface area contributed by atoms with Crippen LogP contribution in [-0.2, 0) is 9.84 Å². The molecule has 0 saturated carbocycles. The van der Waals surface area contributed by atoms with Crippen LogP contribution in [0.4, 0.5) is 0 Å². The lowest BCUT2D eigenvalue weighted by Gasteiger charge is -2.16. The summed E-state index contributed by atoms with van der Waals surface area (Å²) in [5.41, 5.74) is 10.9. The molecular weight excluding hydrogens is 268 g/mol. The Morgan fingerprint density at radius 1 is 1.21 bits per heavy atom. The fourth-order valence-corrected chi connectivity index (χ4v) is 3.09. The average Bonchev–Trinajstić information content (AvgIpc) is 2.25. The summed E-state index contributed by atoms with van der Waals surface area (Å²) in [7, 11) is -3.22. The number of hydrogen-bond donors (Lipinski definition) is 2. The minimum Gasteiger partial charge on any atom is -0.366 e. The lowest BCUT2D eigenvalue weighted by molar-refractivity contribution is 0.0966. The Morgan fingerprint density at radius 3 is 2.21 bits per heavy atom. The highest BCUT2D eigenvalue weighted by atomic mass is 32.2. The monoisotopic (exact) mass is 284 g/mol. The van der Waals surface area contributed by atoms with Crippen molar-refractivity contribution in [3.8, 4) is 0 Å². The molecule has 1 unspecified atom stereocenters. The largest absolute Gasteiger partial charge is 0.366 e. The summed E-state index contributed by atoms with van der Waals surface area (Å²) in [5, 5.41) is 0. The predicted molar refractivity (Wildman–Crippen MR) is 71.6 cm³/mol. The fourth-order valence-electron chi connectivity index (χ4n) is 2.01. The standard InChI is InChI=1S/C12H16N2O4S/c1-7(6-19(2,17)18)8-4-3-5-9(11(13)15)10(8)12(14)16/h3-5,7H,6H2,1-2H3,(H2,13,15)(H2,14,16). The first-order valence-corrected chi connectivity index (χ1v) is 7.59. The number of rotatable bonds is 5. The van der Waals surface area contributed by atoms with Crippen molar-refractivity contribution < 1.29 is 18.0 Å². The lowest BCUT2D eigenvalue weighted by Crippen LogP contribution is -2.24. The number of hydrogen-bond acceptors (Lipinski definition) is 4. The van der Waals surface area contributed by atoms with E-state index in [0.717, 1.165) is 6.26 Å². The van der Waals surface area contributed by atoms with Crippen molar-refractivity contribution in [1.29, 1.82) is 0 Å². The maximum absolute atomic E-state index is 11.5. The van der Waals surface area contributed by atoms with Gasteiger partial charge in [0, 0.05) is 6.26 Å². The molecule has 0 bridgehead atoms. The second-order valence-electron chi connectivity index (χ2n) is 4.49. The number of carbonyl (C=O) groups is 2. The molecule has 1 atom stereocenters. The molecule has 2 amide bonds. The summed E-state index contributed by atoms with van der Waals surface area (Å²) >= 11 is 0. The summed E-state index contributed by atoms with van der Waals surface area (Å²) in [5.74, 6) is -2.18. The van der Waals surface area contributed by atoms with Gasteiger partial charge in [-0.3, -0.25) is 9.59 Å². The zero-order chi connectivity index (χ0) is 14.8. The van der Waals surface area contributed by atoms with E-state index in [2.05, 4.69) is 0 Å². The number of sulfone groups is 1. The van der Waals surface area contributed by atoms with Crippen molar-refractivity contribution in [1.82, 2.24) is 0 Å². The third kappa shape index (κ3) is 3.78. The molecule has 0 fully saturated rings. The quantitative estimate of drug-likeness (QED) is 0.792. The van der Waals surface area contributed by atoms with Gasteiger partial charge in [-0.2, -0.15) is 0 Å². The van der Waals surface area contributed by atoms with Crippen LogP contribution in [0.3, 0.4) is 0 Å². The molecule has 4 N–H and O–H groups in total. The molecule has 0 spiro atoms. The van der Waals surface area contributed by atoms with E-state index < -0.39 is 27.6 Å². The van der Waals surface area contributed by atoms with Gasteiger partial charge in [-0.1, -0.05) is 19.1 Å². The van der Waals surface area contributed by atoms with Gasteiger partial charge in [0.15, 0.2) is 0 Å². The van der Waals surface area contributed by atoms with Crippen LogP contribution >= 0.6 is 0 Å². The van der Waals surface area contributed by atoms with E-state index in [1.54, 1.807) is 19.1 Å². The van der Waals surface area contributed by atoms with Crippen molar-refractivity contribution in [2.75, 3.05) is 12.0 Å². The molecule has 0 aliphatic heterocycles. The summed E-state index contributed by atoms with van der Waals surface area (Å²) < 4.78 is 22.6. The molecule has 0 aromatic heterocycles. The second kappa shape index (κ2) is 5.40. The fraction of sp³-hybridized carbons (Fsp3) is 0.333. The third-order valence-electron chi connectivity index (χ3n) is 2.69. The number of amides is 2. The van der Waals surface area contributed by atoms with E-state index in [1.165, 1.54) is 6.07 Å². The molecule has 0 heterocycles. The van der Waals surface area contributed by atoms with Gasteiger partial charge in [0.2, 0.25) is 11.8 Å². The maximum atomic E-state index is 11.5. The van der Waals surface area contributed by atoms with Crippen molar-refractivity contribution in [2.45, 2.75) is 12.8 Å². The van der Waals surface area contributed by atoms with Gasteiger partial charge in [0.25, 0.3) is 0 Å². The van der Waals surface area contributed by atoms with Crippen molar-refractivity contribution in [3.63, 3.8) is 0 Å². The van der Waals surface area contributed by atoms with Gasteiger partial charge in [-0.25, -0.2) is 8.42 Å². The molecule has 1 rings (SSSR count). The molecular formula is C12H16N2O4S. The summed E-state index contributed by atoms with van der Waals surface area (Å²) in [6.45, 7) is 1.65. The number of benzene rings is 1. The number of nitrogens with two attached hydrogens (primary N) is 2. The zero-order valence-electron chi connectivity index (χ0n) is 10.7. The molecule has 0 radical (unpaired) electrons. The van der Waals surface area contributed by atoms with Crippen LogP contribution in [0.15, 0.2) is 18.2 Å². The lowest BCUT2D eigenvalue weighted by atomic mass is 9.92. The van der Waals surface area contributed by atoms with Crippen molar-refractivity contribution in [2.24, 2.45) is 11.5 Å². The minimum atomic E-state index is -3.22. The molecule has 0 aliphatic rings. The molecule has 7 heteroatoms. The molecule has 0 aliphatic carbocycles. The SMILES string of the molecule is CC(CS(C)(=O)=O)c1cccc(C(N)=O)c1C(N)=O. The van der Waals surface area contributed by atoms with Crippen LogP contribution in [0.1, 0.15) is 39.1 Å². The highest BCUT2D eigenvalue weighted by Gasteiger charge is 2.22. The van der Waals surface area contributed by atoms with Crippen LogP contribution in [-0.4, -0.2) is 32.2 Å². The summed E-state index contributed by atoms with van der Waals surface area (Å²) in [6, 6.07) is 4.50. The molecule has 1 aromatic rings. The van der Waals surface area contributed by atoms with E-state index in [0.29, 0.717) is 5.56 Å². The molecule has 6 nitrogen and oxygen atoms in total. The van der Waals surface area contributed by atoms with Crippen molar-refractivity contribution >= 4 is 21.7 Å². The Labute approximate surface area is 111 Å². The van der Waals surface area contributed by atoms with Crippen LogP contribution < -0.4 is 11.5 Å². The number of primary amides is 2. The summed E-state index contributed by atoms with van der Waals surface area (Å²) in [6.07, 6.45) is 1.10. The Hall–Kier alpha value is -1.89. The van der Waals surface area contributed by atoms with Crippen molar-refractivity contribution in [3.05, 3.63) is 34.9 Å². The highest BCUT2D eigenvalue weighted by molar-refractivity contribution is 7.90. The van der Waals surface area contributed by atoms with E-state index in [1.807, 2.05) is 0 Å². The highest BCUT2D eigenvalue weighted by Crippen LogP contribution is 2.24. The summed E-state index contributed by atoms with van der Waals surface area (Å²) in [4.78, 5) is 22.8. The van der Waals surface area contributed by atoms with E-state index in [-0.39, 0.29) is 16.9 Å². The zero-order valence-corrected chi connectivity index (χ0v) is 11.5. The topological polar surface area (TPSA) is 120 Å². The van der Waals surface area contributed by atoms with E-state index in [9.17, 15) is 18.0 Å². The molecule has 104 valence electrons. The Bertz CT molecular complexity index is 623. The Morgan fingerprint density at radius 2 is 1.79 bits per heavy atom. The Kier molecular flexibility index (Phi) is 4.31. The predicted octanol–water partition coefficient (Wildman–Crippen LogP) is 0.0325. The molecule has 1 aromatic carbocycles. The van der Waals surface area contributed by atoms with E-state index >= 15 is 0 Å². The van der Waals surface area contributed by atoms with Crippen LogP contribution in [0, 0.1) is 0 Å². The Balaban J connectivity index is 3.39.